The lowest BCUT2D eigenvalue weighted by Crippen LogP contribution is -2.61. The molecule has 3 aliphatic rings. The number of benzene rings is 2. The molecule has 3 fully saturated rings. The summed E-state index contributed by atoms with van der Waals surface area (Å²) in [4.78, 5) is 18.8. The van der Waals surface area contributed by atoms with Crippen LogP contribution in [0.5, 0.6) is 5.75 Å². The number of aliphatic hydroxyl groups is 3. The van der Waals surface area contributed by atoms with E-state index in [9.17, 15) is 20.1 Å². The van der Waals surface area contributed by atoms with E-state index >= 15 is 0 Å². The van der Waals surface area contributed by atoms with Crippen LogP contribution in [0.4, 0.5) is 0 Å². The van der Waals surface area contributed by atoms with Crippen LogP contribution in [0.2, 0.25) is 0 Å². The number of methoxy groups -OCH3 is 2. The van der Waals surface area contributed by atoms with Crippen molar-refractivity contribution in [2.75, 3.05) is 55.1 Å². The summed E-state index contributed by atoms with van der Waals surface area (Å²) in [5.41, 5.74) is 0.0478. The van der Waals surface area contributed by atoms with Crippen molar-refractivity contribution in [1.29, 1.82) is 0 Å². The summed E-state index contributed by atoms with van der Waals surface area (Å²) in [5, 5.41) is 34.8. The van der Waals surface area contributed by atoms with E-state index in [1.54, 1.807) is 28.1 Å². The maximum Gasteiger partial charge on any atom is 0.311 e. The van der Waals surface area contributed by atoms with Gasteiger partial charge in [-0.2, -0.15) is 0 Å². The number of aliphatic hydroxyl groups excluding tert-OH is 3. The van der Waals surface area contributed by atoms with Gasteiger partial charge in [-0.1, -0.05) is 63.2 Å². The average molecular weight is 887 g/mol. The molecule has 14 heteroatoms. The number of carbonyl (C=O) groups is 1. The van der Waals surface area contributed by atoms with E-state index in [4.69, 9.17) is 37.9 Å². The van der Waals surface area contributed by atoms with Crippen molar-refractivity contribution in [3.63, 3.8) is 0 Å². The summed E-state index contributed by atoms with van der Waals surface area (Å²) in [5.74, 6) is -1.87. The van der Waals surface area contributed by atoms with Crippen molar-refractivity contribution in [2.24, 2.45) is 23.7 Å². The van der Waals surface area contributed by atoms with Gasteiger partial charge in [-0.25, -0.2) is 0 Å². The van der Waals surface area contributed by atoms with Gasteiger partial charge in [0.2, 0.25) is 0 Å². The Hall–Kier alpha value is -2.73. The number of nitrogens with zero attached hydrogens (tertiary/aromatic N) is 2. The normalized spacial score (nSPS) is 40.5. The number of esters is 1. The van der Waals surface area contributed by atoms with Crippen LogP contribution in [-0.2, 0) is 38.0 Å². The third-order valence-corrected chi connectivity index (χ3v) is 14.0. The Morgan fingerprint density at radius 1 is 0.794 bits per heavy atom. The Kier molecular flexibility index (Phi) is 18.0. The lowest BCUT2D eigenvalue weighted by atomic mass is 9.75. The molecule has 63 heavy (non-hydrogen) atoms. The van der Waals surface area contributed by atoms with Gasteiger partial charge in [-0.3, -0.25) is 4.79 Å². The fourth-order valence-corrected chi connectivity index (χ4v) is 10.0. The second kappa shape index (κ2) is 22.2. The highest BCUT2D eigenvalue weighted by Gasteiger charge is 2.52. The topological polar surface area (TPSA) is 158 Å². The van der Waals surface area contributed by atoms with Crippen molar-refractivity contribution < 1.29 is 58.0 Å². The summed E-state index contributed by atoms with van der Waals surface area (Å²) in [7, 11) is 8.95. The first-order valence-corrected chi connectivity index (χ1v) is 22.8. The van der Waals surface area contributed by atoms with Gasteiger partial charge >= 0.3 is 5.97 Å². The standard InChI is InChI=1S/C49H78N2O12/c1-29-24-49(8,57-13)45(63-47-42(53)39(50(9)10)23-31(3)59-47)32(4)43(62-40-25-48(7,56-12)44(54)34(6)60-40)33(5)46(55)61-38(27-51(11)26-30(2)41(29)52)28-58-37-21-19-36(20-22-37)35-17-15-14-16-18-35/h14-22,29-34,38-45,47,52-54H,23-28H2,1-13H3/t29-,30-,31-,32+,33-,34+,38-,39+,40+,41+,42-,43+,44+,45-,47+,48-,49+/m1/s1. The van der Waals surface area contributed by atoms with Crippen LogP contribution in [0.15, 0.2) is 54.6 Å². The highest BCUT2D eigenvalue weighted by Crippen LogP contribution is 2.41. The van der Waals surface area contributed by atoms with Gasteiger partial charge in [0.05, 0.1) is 47.6 Å². The number of cyclic esters (lactones) is 1. The summed E-state index contributed by atoms with van der Waals surface area (Å²) < 4.78 is 51.6. The molecule has 0 spiro atoms. The quantitative estimate of drug-likeness (QED) is 0.247. The van der Waals surface area contributed by atoms with Crippen LogP contribution >= 0.6 is 0 Å². The number of rotatable bonds is 11. The van der Waals surface area contributed by atoms with Gasteiger partial charge < -0.3 is 63.0 Å². The Labute approximate surface area is 376 Å². The predicted molar refractivity (Wildman–Crippen MR) is 240 cm³/mol. The second-order valence-corrected chi connectivity index (χ2v) is 19.5. The van der Waals surface area contributed by atoms with E-state index in [0.717, 1.165) is 11.1 Å². The minimum atomic E-state index is -1.10. The van der Waals surface area contributed by atoms with E-state index in [2.05, 4.69) is 17.0 Å². The van der Waals surface area contributed by atoms with Crippen LogP contribution in [0.25, 0.3) is 11.1 Å². The summed E-state index contributed by atoms with van der Waals surface area (Å²) in [6.07, 6.45) is -6.87. The molecule has 0 aliphatic carbocycles. The maximum atomic E-state index is 14.7. The van der Waals surface area contributed by atoms with E-state index in [-0.39, 0.29) is 37.0 Å². The molecule has 2 aromatic rings. The Balaban J connectivity index is 1.54. The molecule has 3 saturated heterocycles. The predicted octanol–water partition coefficient (Wildman–Crippen LogP) is 5.39. The number of likely N-dealkylation sites (N-methyl/N-ethyl adjacent to an activating group) is 2. The highest BCUT2D eigenvalue weighted by atomic mass is 16.7. The number of carbonyl (C=O) groups excluding carboxylic acids is 1. The highest BCUT2D eigenvalue weighted by molar-refractivity contribution is 5.73. The van der Waals surface area contributed by atoms with Gasteiger partial charge in [0.25, 0.3) is 0 Å². The SMILES string of the molecule is CO[C@]1(C)C[C@H](O[C@H]2[C@H](C)[C@@H](O[C@@H]3O[C@H](C)C[C@H](N(C)C)[C@H]3O)[C@@](C)(OC)C[C@@H](C)[C@H](O)[C@H](C)CN(C)C[C@H](COc3ccc(-c4ccccc4)cc3)OC(=O)[C@@H]2C)O[C@@H](C)[C@@H]1O. The first-order valence-electron chi connectivity index (χ1n) is 22.8. The molecular weight excluding hydrogens is 809 g/mol. The smallest absolute Gasteiger partial charge is 0.311 e. The molecular formula is C49H78N2O12. The minimum absolute atomic E-state index is 0.0743. The van der Waals surface area contributed by atoms with E-state index < -0.39 is 84.3 Å². The van der Waals surface area contributed by atoms with E-state index in [1.165, 1.54) is 0 Å². The molecule has 0 bridgehead atoms. The van der Waals surface area contributed by atoms with Crippen LogP contribution in [0.1, 0.15) is 74.7 Å². The largest absolute Gasteiger partial charge is 0.490 e. The Morgan fingerprint density at radius 2 is 1.43 bits per heavy atom. The molecule has 0 aromatic heterocycles. The molecule has 3 heterocycles. The van der Waals surface area contributed by atoms with Crippen molar-refractivity contribution in [2.45, 2.75) is 153 Å². The van der Waals surface area contributed by atoms with Crippen LogP contribution in [-0.4, -0.2) is 165 Å². The van der Waals surface area contributed by atoms with E-state index in [0.29, 0.717) is 31.7 Å². The second-order valence-electron chi connectivity index (χ2n) is 19.5. The first-order chi connectivity index (χ1) is 29.7. The number of hydrogen-bond donors (Lipinski definition) is 3. The molecule has 5 rings (SSSR count). The van der Waals surface area contributed by atoms with Gasteiger partial charge in [0.1, 0.15) is 30.7 Å². The van der Waals surface area contributed by atoms with Gasteiger partial charge in [0, 0.05) is 45.7 Å². The summed E-state index contributed by atoms with van der Waals surface area (Å²) in [6.45, 7) is 16.1. The summed E-state index contributed by atoms with van der Waals surface area (Å²) in [6, 6.07) is 17.7. The van der Waals surface area contributed by atoms with Crippen molar-refractivity contribution in [3.8, 4) is 16.9 Å². The monoisotopic (exact) mass is 887 g/mol. The van der Waals surface area contributed by atoms with Crippen LogP contribution < -0.4 is 4.74 Å². The summed E-state index contributed by atoms with van der Waals surface area (Å²) >= 11 is 0. The molecule has 0 saturated carbocycles. The molecule has 17 atom stereocenters. The lowest BCUT2D eigenvalue weighted by Gasteiger charge is -2.49. The van der Waals surface area contributed by atoms with Crippen molar-refractivity contribution in [3.05, 3.63) is 54.6 Å². The third kappa shape index (κ3) is 12.6. The fourth-order valence-electron chi connectivity index (χ4n) is 10.0. The van der Waals surface area contributed by atoms with Gasteiger partial charge in [0.15, 0.2) is 12.6 Å². The van der Waals surface area contributed by atoms with Crippen molar-refractivity contribution >= 4 is 5.97 Å². The van der Waals surface area contributed by atoms with Crippen LogP contribution in [0.3, 0.4) is 0 Å². The molecule has 2 aromatic carbocycles. The van der Waals surface area contributed by atoms with Crippen molar-refractivity contribution in [1.82, 2.24) is 9.80 Å². The average Bonchev–Trinajstić information content (AvgIpc) is 3.25. The number of ether oxygens (including phenoxy) is 8. The molecule has 3 N–H and O–H groups in total. The molecule has 0 amide bonds. The maximum absolute atomic E-state index is 14.7. The first kappa shape index (κ1) is 51.3. The number of hydrogen-bond acceptors (Lipinski definition) is 14. The molecule has 0 radical (unpaired) electrons. The molecule has 3 aliphatic heterocycles. The lowest BCUT2D eigenvalue weighted by molar-refractivity contribution is -0.319. The molecule has 0 unspecified atom stereocenters. The Bertz CT molecular complexity index is 1700. The fraction of sp³-hybridized carbons (Fsp3) is 0.735. The molecule has 14 nitrogen and oxygen atoms in total. The minimum Gasteiger partial charge on any atom is -0.490 e. The van der Waals surface area contributed by atoms with E-state index in [1.807, 2.05) is 110 Å². The zero-order valence-corrected chi connectivity index (χ0v) is 40.0. The van der Waals surface area contributed by atoms with Gasteiger partial charge in [-0.05, 0) is 104 Å². The molecule has 356 valence electrons. The zero-order valence-electron chi connectivity index (χ0n) is 40.0. The van der Waals surface area contributed by atoms with Gasteiger partial charge in [-0.15, -0.1) is 0 Å². The van der Waals surface area contributed by atoms with Crippen LogP contribution in [0, 0.1) is 23.7 Å². The zero-order chi connectivity index (χ0) is 46.4. The Morgan fingerprint density at radius 3 is 2.05 bits per heavy atom. The third-order valence-electron chi connectivity index (χ3n) is 14.0.